The summed E-state index contributed by atoms with van der Waals surface area (Å²) in [6.45, 7) is 5.07. The van der Waals surface area contributed by atoms with E-state index in [0.717, 1.165) is 0 Å². The van der Waals surface area contributed by atoms with Crippen LogP contribution in [0.4, 0.5) is 0 Å². The van der Waals surface area contributed by atoms with Crippen molar-refractivity contribution in [2.45, 2.75) is 31.6 Å². The number of hydrogen-bond acceptors (Lipinski definition) is 5. The van der Waals surface area contributed by atoms with E-state index in [2.05, 4.69) is 0 Å². The molecule has 0 bridgehead atoms. The molecule has 1 N–H and O–H groups in total. The van der Waals surface area contributed by atoms with Crippen molar-refractivity contribution in [1.82, 2.24) is 0 Å². The summed E-state index contributed by atoms with van der Waals surface area (Å²) >= 11 is 0. The van der Waals surface area contributed by atoms with Gasteiger partial charge in [0.1, 0.15) is 0 Å². The molecule has 20 heavy (non-hydrogen) atoms. The third-order valence-corrected chi connectivity index (χ3v) is 5.45. The second kappa shape index (κ2) is 5.93. The third kappa shape index (κ3) is 3.37. The Morgan fingerprint density at radius 2 is 1.80 bits per heavy atom. The zero-order chi connectivity index (χ0) is 15.6. The maximum Gasteiger partial charge on any atom is 0.339 e. The van der Waals surface area contributed by atoms with Gasteiger partial charge in [-0.3, -0.25) is 0 Å². The van der Waals surface area contributed by atoms with E-state index in [1.54, 1.807) is 32.9 Å². The van der Waals surface area contributed by atoms with Crippen LogP contribution in [0.1, 0.15) is 38.0 Å². The van der Waals surface area contributed by atoms with E-state index >= 15 is 0 Å². The highest BCUT2D eigenvalue weighted by Gasteiger charge is 2.32. The standard InChI is InChI=1S/C14H20O5S/c1-5-19-13(16)12(15)10-6-8-11(9-7-10)14(2,3)20(4,17)18/h6-9,12,15H,5H2,1-4H3. The summed E-state index contributed by atoms with van der Waals surface area (Å²) in [5.41, 5.74) is 0.969. The fraction of sp³-hybridized carbons (Fsp3) is 0.500. The second-order valence-corrected chi connectivity index (χ2v) is 7.62. The fourth-order valence-corrected chi connectivity index (χ4v) is 2.20. The van der Waals surface area contributed by atoms with Gasteiger partial charge in [-0.05, 0) is 31.9 Å². The lowest BCUT2D eigenvalue weighted by atomic mass is 9.99. The van der Waals surface area contributed by atoms with Crippen LogP contribution in [-0.2, 0) is 24.1 Å². The first kappa shape index (κ1) is 16.7. The van der Waals surface area contributed by atoms with Gasteiger partial charge < -0.3 is 9.84 Å². The van der Waals surface area contributed by atoms with Gasteiger partial charge in [-0.15, -0.1) is 0 Å². The highest BCUT2D eigenvalue weighted by molar-refractivity contribution is 7.91. The van der Waals surface area contributed by atoms with E-state index in [-0.39, 0.29) is 6.61 Å². The molecule has 1 aromatic carbocycles. The average Bonchev–Trinajstić information content (AvgIpc) is 2.37. The van der Waals surface area contributed by atoms with Gasteiger partial charge in [-0.25, -0.2) is 13.2 Å². The molecule has 0 heterocycles. The summed E-state index contributed by atoms with van der Waals surface area (Å²) in [6.07, 6.45) is -0.181. The van der Waals surface area contributed by atoms with Crippen molar-refractivity contribution in [3.63, 3.8) is 0 Å². The van der Waals surface area contributed by atoms with Crippen molar-refractivity contribution in [3.05, 3.63) is 35.4 Å². The minimum atomic E-state index is -3.27. The number of aliphatic hydroxyl groups is 1. The van der Waals surface area contributed by atoms with Crippen molar-refractivity contribution >= 4 is 15.8 Å². The Hall–Kier alpha value is -1.40. The number of carbonyl (C=O) groups excluding carboxylic acids is 1. The summed E-state index contributed by atoms with van der Waals surface area (Å²) in [5, 5.41) is 9.78. The summed E-state index contributed by atoms with van der Waals surface area (Å²) < 4.78 is 27.2. The van der Waals surface area contributed by atoms with Gasteiger partial charge in [-0.1, -0.05) is 24.3 Å². The molecule has 0 amide bonds. The molecule has 1 atom stereocenters. The molecule has 0 spiro atoms. The maximum atomic E-state index is 11.7. The third-order valence-electron chi connectivity index (χ3n) is 3.36. The maximum absolute atomic E-state index is 11.7. The number of rotatable bonds is 5. The Balaban J connectivity index is 3.04. The van der Waals surface area contributed by atoms with Crippen LogP contribution < -0.4 is 0 Å². The Kier molecular flexibility index (Phi) is 4.94. The summed E-state index contributed by atoms with van der Waals surface area (Å²) in [5.74, 6) is -0.720. The lowest BCUT2D eigenvalue weighted by Crippen LogP contribution is -2.28. The van der Waals surface area contributed by atoms with Crippen LogP contribution in [0.5, 0.6) is 0 Å². The molecule has 0 saturated carbocycles. The van der Waals surface area contributed by atoms with Crippen LogP contribution >= 0.6 is 0 Å². The predicted molar refractivity (Wildman–Crippen MR) is 75.9 cm³/mol. The fourth-order valence-electron chi connectivity index (χ4n) is 1.64. The zero-order valence-corrected chi connectivity index (χ0v) is 12.9. The quantitative estimate of drug-likeness (QED) is 0.835. The van der Waals surface area contributed by atoms with Gasteiger partial charge in [-0.2, -0.15) is 0 Å². The normalized spacial score (nSPS) is 13.8. The predicted octanol–water partition coefficient (Wildman–Crippen LogP) is 1.56. The molecule has 6 heteroatoms. The molecule has 0 radical (unpaired) electrons. The average molecular weight is 300 g/mol. The van der Waals surface area contributed by atoms with Gasteiger partial charge in [0.05, 0.1) is 11.4 Å². The van der Waals surface area contributed by atoms with Crippen LogP contribution in [-0.4, -0.2) is 32.4 Å². The van der Waals surface area contributed by atoms with E-state index in [1.165, 1.54) is 18.4 Å². The molecule has 0 fully saturated rings. The molecule has 0 aromatic heterocycles. The summed E-state index contributed by atoms with van der Waals surface area (Å²) in [7, 11) is -3.27. The summed E-state index contributed by atoms with van der Waals surface area (Å²) in [6, 6.07) is 6.26. The van der Waals surface area contributed by atoms with Crippen LogP contribution in [0.25, 0.3) is 0 Å². The highest BCUT2D eigenvalue weighted by atomic mass is 32.2. The first-order valence-electron chi connectivity index (χ1n) is 6.26. The SMILES string of the molecule is CCOC(=O)C(O)c1ccc(C(C)(C)S(C)(=O)=O)cc1. The van der Waals surface area contributed by atoms with Crippen molar-refractivity contribution < 1.29 is 23.1 Å². The summed E-state index contributed by atoms with van der Waals surface area (Å²) in [4.78, 5) is 11.4. The van der Waals surface area contributed by atoms with E-state index < -0.39 is 26.7 Å². The van der Waals surface area contributed by atoms with E-state index in [0.29, 0.717) is 11.1 Å². The van der Waals surface area contributed by atoms with Crippen LogP contribution in [0.2, 0.25) is 0 Å². The van der Waals surface area contributed by atoms with E-state index in [4.69, 9.17) is 4.74 Å². The van der Waals surface area contributed by atoms with Crippen molar-refractivity contribution in [2.24, 2.45) is 0 Å². The number of ether oxygens (including phenoxy) is 1. The number of benzene rings is 1. The topological polar surface area (TPSA) is 80.7 Å². The monoisotopic (exact) mass is 300 g/mol. The minimum Gasteiger partial charge on any atom is -0.464 e. The van der Waals surface area contributed by atoms with Crippen LogP contribution in [0, 0.1) is 0 Å². The number of aliphatic hydroxyl groups excluding tert-OH is 1. The number of hydrogen-bond donors (Lipinski definition) is 1. The molecule has 0 aliphatic carbocycles. The molecule has 1 rings (SSSR count). The van der Waals surface area contributed by atoms with E-state index in [1.807, 2.05) is 0 Å². The van der Waals surface area contributed by atoms with E-state index in [9.17, 15) is 18.3 Å². The lowest BCUT2D eigenvalue weighted by Gasteiger charge is -2.23. The molecule has 0 aliphatic heterocycles. The van der Waals surface area contributed by atoms with Crippen molar-refractivity contribution in [2.75, 3.05) is 12.9 Å². The second-order valence-electron chi connectivity index (χ2n) is 5.06. The Labute approximate surface area is 119 Å². The van der Waals surface area contributed by atoms with Gasteiger partial charge in [0.25, 0.3) is 0 Å². The molecular formula is C14H20O5S. The number of carbonyl (C=O) groups is 1. The molecule has 0 aliphatic rings. The van der Waals surface area contributed by atoms with Crippen LogP contribution in [0.15, 0.2) is 24.3 Å². The number of esters is 1. The molecule has 1 aromatic rings. The molecule has 112 valence electrons. The first-order valence-corrected chi connectivity index (χ1v) is 8.15. The number of sulfone groups is 1. The van der Waals surface area contributed by atoms with Gasteiger partial charge in [0.15, 0.2) is 15.9 Å². The van der Waals surface area contributed by atoms with Crippen LogP contribution in [0.3, 0.4) is 0 Å². The Morgan fingerprint density at radius 1 is 1.30 bits per heavy atom. The van der Waals surface area contributed by atoms with Crippen molar-refractivity contribution in [3.8, 4) is 0 Å². The molecule has 5 nitrogen and oxygen atoms in total. The highest BCUT2D eigenvalue weighted by Crippen LogP contribution is 2.29. The molecule has 1 unspecified atom stereocenters. The van der Waals surface area contributed by atoms with Gasteiger partial charge in [0.2, 0.25) is 0 Å². The Bertz CT molecular complexity index is 572. The minimum absolute atomic E-state index is 0.190. The zero-order valence-electron chi connectivity index (χ0n) is 12.1. The Morgan fingerprint density at radius 3 is 2.20 bits per heavy atom. The van der Waals surface area contributed by atoms with Crippen molar-refractivity contribution in [1.29, 1.82) is 0 Å². The molecule has 0 saturated heterocycles. The first-order chi connectivity index (χ1) is 9.11. The van der Waals surface area contributed by atoms with Gasteiger partial charge in [0, 0.05) is 6.26 Å². The largest absolute Gasteiger partial charge is 0.464 e. The lowest BCUT2D eigenvalue weighted by molar-refractivity contribution is -0.153. The smallest absolute Gasteiger partial charge is 0.339 e. The molecular weight excluding hydrogens is 280 g/mol. The van der Waals surface area contributed by atoms with Gasteiger partial charge >= 0.3 is 5.97 Å².